The predicted molar refractivity (Wildman–Crippen MR) is 242 cm³/mol. The number of benzene rings is 9. The van der Waals surface area contributed by atoms with Gasteiger partial charge < -0.3 is 9.13 Å². The summed E-state index contributed by atoms with van der Waals surface area (Å²) in [7, 11) is 0. The number of nitriles is 1. The monoisotopic (exact) mass is 749 g/mol. The molecule has 0 fully saturated rings. The molecule has 0 atom stereocenters. The summed E-state index contributed by atoms with van der Waals surface area (Å²) < 4.78 is 111. The van der Waals surface area contributed by atoms with Gasteiger partial charge in [0.2, 0.25) is 0 Å². The van der Waals surface area contributed by atoms with Crippen LogP contribution in [0.3, 0.4) is 0 Å². The third kappa shape index (κ3) is 5.59. The summed E-state index contributed by atoms with van der Waals surface area (Å²) in [6, 6.07) is 40.4. The molecular formula is C55H35N3. The third-order valence-corrected chi connectivity index (χ3v) is 10.7. The molecule has 270 valence electrons. The van der Waals surface area contributed by atoms with Gasteiger partial charge in [-0.3, -0.25) is 0 Å². The minimum Gasteiger partial charge on any atom is -0.309 e. The first-order chi connectivity index (χ1) is 33.7. The van der Waals surface area contributed by atoms with Gasteiger partial charge in [0.05, 0.1) is 50.1 Å². The van der Waals surface area contributed by atoms with Crippen molar-refractivity contribution in [1.82, 2.24) is 9.13 Å². The Morgan fingerprint density at radius 3 is 1.81 bits per heavy atom. The molecule has 0 aliphatic carbocycles. The molecule has 3 heteroatoms. The van der Waals surface area contributed by atoms with Gasteiger partial charge in [0.1, 0.15) is 0 Å². The minimum absolute atomic E-state index is 0.0412. The third-order valence-electron chi connectivity index (χ3n) is 10.7. The van der Waals surface area contributed by atoms with Crippen molar-refractivity contribution in [2.45, 2.75) is 0 Å². The van der Waals surface area contributed by atoms with Gasteiger partial charge in [-0.2, -0.15) is 5.26 Å². The predicted octanol–water partition coefficient (Wildman–Crippen LogP) is 14.4. The van der Waals surface area contributed by atoms with Crippen molar-refractivity contribution in [3.8, 4) is 62.0 Å². The largest absolute Gasteiger partial charge is 0.309 e. The van der Waals surface area contributed by atoms with E-state index in [0.717, 1.165) is 27.9 Å². The second-order valence-corrected chi connectivity index (χ2v) is 14.0. The Labute approximate surface area is 353 Å². The van der Waals surface area contributed by atoms with Gasteiger partial charge in [-0.25, -0.2) is 0 Å². The van der Waals surface area contributed by atoms with E-state index in [-0.39, 0.29) is 75.2 Å². The van der Waals surface area contributed by atoms with Crippen LogP contribution >= 0.6 is 0 Å². The fourth-order valence-corrected chi connectivity index (χ4v) is 7.92. The molecule has 0 saturated carbocycles. The van der Waals surface area contributed by atoms with Gasteiger partial charge in [-0.15, -0.1) is 0 Å². The van der Waals surface area contributed by atoms with Crippen molar-refractivity contribution in [2.24, 2.45) is 0 Å². The van der Waals surface area contributed by atoms with Gasteiger partial charge >= 0.3 is 0 Å². The lowest BCUT2D eigenvalue weighted by Crippen LogP contribution is -1.94. The van der Waals surface area contributed by atoms with Crippen LogP contribution in [-0.2, 0) is 0 Å². The quantitative estimate of drug-likeness (QED) is 0.167. The maximum atomic E-state index is 9.91. The summed E-state index contributed by atoms with van der Waals surface area (Å²) in [5, 5.41) is 10.9. The highest BCUT2D eigenvalue weighted by atomic mass is 15.0. The minimum atomic E-state index is -0.498. The fourth-order valence-electron chi connectivity index (χ4n) is 7.92. The Hall–Kier alpha value is -7.93. The van der Waals surface area contributed by atoms with Crippen molar-refractivity contribution in [3.05, 3.63) is 218 Å². The number of aromatic nitrogens is 2. The standard InChI is InChI=1S/C55H35N3/c56-36-37-18-20-40(21-19-37)41-22-27-46(28-23-41)57-53-30-25-44(34-51(53)49-29-24-45(35-55(49)57)39-12-5-2-6-13-39)43-26-31-54-50(33-43)48-16-7-8-17-52(48)58(54)47-15-9-14-42(32-47)38-10-3-1-4-11-38/h1-35H/i2D,5D,6D,7D,8D,12D,13D,16D,17D,26D,31D,33D. The fraction of sp³-hybridized carbons (Fsp3) is 0. The summed E-state index contributed by atoms with van der Waals surface area (Å²) in [6.07, 6.45) is 0. The molecule has 0 amide bonds. The molecule has 0 N–H and O–H groups in total. The highest BCUT2D eigenvalue weighted by Gasteiger charge is 2.17. The van der Waals surface area contributed by atoms with Crippen LogP contribution in [0.2, 0.25) is 0 Å². The van der Waals surface area contributed by atoms with Crippen LogP contribution < -0.4 is 0 Å². The van der Waals surface area contributed by atoms with E-state index < -0.39 is 30.2 Å². The van der Waals surface area contributed by atoms with E-state index >= 15 is 0 Å². The number of hydrogen-bond donors (Lipinski definition) is 0. The van der Waals surface area contributed by atoms with Crippen LogP contribution in [0.25, 0.3) is 99.5 Å². The maximum absolute atomic E-state index is 9.91. The molecule has 9 aromatic carbocycles. The van der Waals surface area contributed by atoms with E-state index in [1.807, 2.05) is 108 Å². The molecule has 11 rings (SSSR count). The SMILES string of the molecule is [2H]c1c([2H])c([2H])c(-c2ccc3c4cc(-c5c([2H])c([2H])c6c(c5[2H])c5c([2H])c([2H])c([2H])c([2H])c5n6-c5cccc(-c6ccccc6)c5)ccc4n(-c4ccc(-c5ccc(C#N)cc5)cc4)c3c2)c([2H])c1[2H]. The van der Waals surface area contributed by atoms with E-state index in [4.69, 9.17) is 9.60 Å². The highest BCUT2D eigenvalue weighted by Crippen LogP contribution is 2.40. The summed E-state index contributed by atoms with van der Waals surface area (Å²) in [5.41, 5.74) is 7.77. The normalized spacial score (nSPS) is 14.3. The van der Waals surface area contributed by atoms with E-state index in [9.17, 15) is 12.1 Å². The molecule has 0 spiro atoms. The Bertz CT molecular complexity index is 4050. The van der Waals surface area contributed by atoms with E-state index in [1.165, 1.54) is 0 Å². The molecule has 0 saturated heterocycles. The average Bonchev–Trinajstić information content (AvgIpc) is 3.92. The van der Waals surface area contributed by atoms with E-state index in [0.29, 0.717) is 44.2 Å². The van der Waals surface area contributed by atoms with Crippen LogP contribution in [0.4, 0.5) is 0 Å². The second-order valence-electron chi connectivity index (χ2n) is 14.0. The number of para-hydroxylation sites is 1. The van der Waals surface area contributed by atoms with Crippen LogP contribution in [0.5, 0.6) is 0 Å². The van der Waals surface area contributed by atoms with E-state index in [1.54, 1.807) is 41.0 Å². The second kappa shape index (κ2) is 13.7. The van der Waals surface area contributed by atoms with Crippen molar-refractivity contribution in [3.63, 3.8) is 0 Å². The zero-order valence-electron chi connectivity index (χ0n) is 42.6. The van der Waals surface area contributed by atoms with Crippen LogP contribution in [-0.4, -0.2) is 9.13 Å². The Balaban J connectivity index is 1.16. The summed E-state index contributed by atoms with van der Waals surface area (Å²) in [5.74, 6) is 0. The molecule has 2 aromatic heterocycles. The van der Waals surface area contributed by atoms with Crippen LogP contribution in [0, 0.1) is 11.3 Å². The van der Waals surface area contributed by atoms with Crippen molar-refractivity contribution in [2.75, 3.05) is 0 Å². The van der Waals surface area contributed by atoms with Crippen LogP contribution in [0.1, 0.15) is 22.0 Å². The van der Waals surface area contributed by atoms with Crippen molar-refractivity contribution < 1.29 is 16.4 Å². The molecule has 3 nitrogen and oxygen atoms in total. The highest BCUT2D eigenvalue weighted by molar-refractivity contribution is 6.13. The summed E-state index contributed by atoms with van der Waals surface area (Å²) in [4.78, 5) is 0. The first-order valence-corrected chi connectivity index (χ1v) is 18.7. The molecule has 0 aliphatic rings. The lowest BCUT2D eigenvalue weighted by atomic mass is 9.99. The molecule has 0 unspecified atom stereocenters. The molecule has 0 bridgehead atoms. The molecule has 0 aliphatic heterocycles. The first kappa shape index (κ1) is 23.2. The number of rotatable bonds is 6. The smallest absolute Gasteiger partial charge is 0.0991 e. The van der Waals surface area contributed by atoms with Gasteiger partial charge in [0.15, 0.2) is 0 Å². The average molecular weight is 750 g/mol. The number of hydrogen-bond acceptors (Lipinski definition) is 1. The Morgan fingerprint density at radius 2 is 1.00 bits per heavy atom. The molecule has 0 radical (unpaired) electrons. The summed E-state index contributed by atoms with van der Waals surface area (Å²) in [6.45, 7) is 0. The van der Waals surface area contributed by atoms with Crippen molar-refractivity contribution >= 4 is 43.6 Å². The van der Waals surface area contributed by atoms with E-state index in [2.05, 4.69) is 6.07 Å². The molecule has 58 heavy (non-hydrogen) atoms. The van der Waals surface area contributed by atoms with Gasteiger partial charge in [-0.05, 0) is 117 Å². The van der Waals surface area contributed by atoms with Gasteiger partial charge in [0, 0.05) is 32.9 Å². The Morgan fingerprint density at radius 1 is 0.362 bits per heavy atom. The first-order valence-electron chi connectivity index (χ1n) is 24.7. The lowest BCUT2D eigenvalue weighted by molar-refractivity contribution is 1.18. The lowest BCUT2D eigenvalue weighted by Gasteiger charge is -2.11. The van der Waals surface area contributed by atoms with Crippen LogP contribution in [0.15, 0.2) is 212 Å². The van der Waals surface area contributed by atoms with Crippen molar-refractivity contribution in [1.29, 1.82) is 5.26 Å². The van der Waals surface area contributed by atoms with Gasteiger partial charge in [0.25, 0.3) is 0 Å². The number of fused-ring (bicyclic) bond motifs is 6. The Kier molecular flexibility index (Phi) is 5.47. The maximum Gasteiger partial charge on any atom is 0.0991 e. The zero-order chi connectivity index (χ0) is 49.0. The summed E-state index contributed by atoms with van der Waals surface area (Å²) >= 11 is 0. The zero-order valence-corrected chi connectivity index (χ0v) is 30.6. The molecule has 11 aromatic rings. The topological polar surface area (TPSA) is 33.6 Å². The molecular weight excluding hydrogens is 703 g/mol. The molecule has 2 heterocycles. The van der Waals surface area contributed by atoms with Gasteiger partial charge in [-0.1, -0.05) is 139 Å². The number of nitrogens with zero attached hydrogens (tertiary/aromatic N) is 3.